The van der Waals surface area contributed by atoms with Crippen molar-refractivity contribution < 1.29 is 4.92 Å². The molecule has 2 aliphatic rings. The molecule has 1 saturated heterocycles. The predicted octanol–water partition coefficient (Wildman–Crippen LogP) is 1.55. The fourth-order valence-corrected chi connectivity index (χ4v) is 3.23. The van der Waals surface area contributed by atoms with Crippen molar-refractivity contribution in [1.82, 2.24) is 9.80 Å². The van der Waals surface area contributed by atoms with Gasteiger partial charge in [0.2, 0.25) is 0 Å². The molecule has 0 aliphatic carbocycles. The molecule has 0 aromatic rings. The summed E-state index contributed by atoms with van der Waals surface area (Å²) in [5.74, 6) is 0.980. The Hall–Kier alpha value is -0.750. The first kappa shape index (κ1) is 11.7. The standard InChI is InChI=1S/C10H17N3O2S/c1-2-3-4-11-7-9(13(14)15)10-12(8-11)5-6-16-10/h2-8H2,1H3. The molecule has 1 fully saturated rings. The molecular weight excluding hydrogens is 226 g/mol. The Labute approximate surface area is 99.6 Å². The van der Waals surface area contributed by atoms with Crippen LogP contribution >= 0.6 is 11.8 Å². The van der Waals surface area contributed by atoms with Crippen LogP contribution in [0.15, 0.2) is 10.7 Å². The lowest BCUT2D eigenvalue weighted by Gasteiger charge is -2.32. The van der Waals surface area contributed by atoms with E-state index in [1.807, 2.05) is 0 Å². The maximum Gasteiger partial charge on any atom is 0.289 e. The molecule has 0 aromatic carbocycles. The number of fused-ring (bicyclic) bond motifs is 1. The highest BCUT2D eigenvalue weighted by atomic mass is 32.2. The van der Waals surface area contributed by atoms with E-state index < -0.39 is 0 Å². The average Bonchev–Trinajstić information content (AvgIpc) is 2.72. The zero-order chi connectivity index (χ0) is 11.5. The number of hydrogen-bond donors (Lipinski definition) is 0. The van der Waals surface area contributed by atoms with Crippen LogP contribution in [-0.4, -0.2) is 46.8 Å². The maximum absolute atomic E-state index is 11.0. The molecule has 2 heterocycles. The van der Waals surface area contributed by atoms with Crippen LogP contribution in [0.1, 0.15) is 19.8 Å². The lowest BCUT2D eigenvalue weighted by molar-refractivity contribution is -0.431. The molecule has 90 valence electrons. The molecule has 0 aromatic heterocycles. The highest BCUT2D eigenvalue weighted by molar-refractivity contribution is 8.03. The third-order valence-corrected chi connectivity index (χ3v) is 4.08. The minimum Gasteiger partial charge on any atom is -0.347 e. The normalized spacial score (nSPS) is 21.4. The summed E-state index contributed by atoms with van der Waals surface area (Å²) < 4.78 is 0. The molecular formula is C10H17N3O2S. The minimum absolute atomic E-state index is 0.210. The quantitative estimate of drug-likeness (QED) is 0.554. The van der Waals surface area contributed by atoms with Gasteiger partial charge in [0.25, 0.3) is 5.70 Å². The van der Waals surface area contributed by atoms with Crippen LogP contribution in [0.25, 0.3) is 0 Å². The Morgan fingerprint density at radius 1 is 1.56 bits per heavy atom. The summed E-state index contributed by atoms with van der Waals surface area (Å²) in [4.78, 5) is 15.1. The van der Waals surface area contributed by atoms with Crippen LogP contribution in [-0.2, 0) is 0 Å². The van der Waals surface area contributed by atoms with E-state index in [2.05, 4.69) is 16.7 Å². The summed E-state index contributed by atoms with van der Waals surface area (Å²) in [6.07, 6.45) is 2.25. The lowest BCUT2D eigenvalue weighted by atomic mass is 10.3. The summed E-state index contributed by atoms with van der Waals surface area (Å²) in [5, 5.41) is 11.9. The van der Waals surface area contributed by atoms with Gasteiger partial charge in [-0.05, 0) is 6.42 Å². The second kappa shape index (κ2) is 5.05. The fourth-order valence-electron chi connectivity index (χ4n) is 2.08. The zero-order valence-electron chi connectivity index (χ0n) is 9.52. The monoisotopic (exact) mass is 243 g/mol. The molecule has 0 spiro atoms. The first-order valence-electron chi connectivity index (χ1n) is 5.70. The Morgan fingerprint density at radius 2 is 2.38 bits per heavy atom. The van der Waals surface area contributed by atoms with Gasteiger partial charge in [-0.2, -0.15) is 0 Å². The number of hydrogen-bond acceptors (Lipinski definition) is 5. The Kier molecular flexibility index (Phi) is 3.70. The molecule has 0 radical (unpaired) electrons. The second-order valence-electron chi connectivity index (χ2n) is 4.17. The summed E-state index contributed by atoms with van der Waals surface area (Å²) >= 11 is 1.63. The van der Waals surface area contributed by atoms with E-state index in [-0.39, 0.29) is 4.92 Å². The smallest absolute Gasteiger partial charge is 0.289 e. The van der Waals surface area contributed by atoms with Crippen molar-refractivity contribution in [3.05, 3.63) is 20.8 Å². The van der Waals surface area contributed by atoms with Crippen molar-refractivity contribution in [2.24, 2.45) is 0 Å². The molecule has 0 atom stereocenters. The second-order valence-corrected chi connectivity index (χ2v) is 5.25. The number of nitrogens with zero attached hydrogens (tertiary/aromatic N) is 3. The van der Waals surface area contributed by atoms with Crippen LogP contribution in [0.4, 0.5) is 0 Å². The van der Waals surface area contributed by atoms with Crippen LogP contribution in [0, 0.1) is 10.1 Å². The van der Waals surface area contributed by atoms with E-state index in [0.717, 1.165) is 43.4 Å². The predicted molar refractivity (Wildman–Crippen MR) is 64.5 cm³/mol. The van der Waals surface area contributed by atoms with Gasteiger partial charge in [0, 0.05) is 18.8 Å². The summed E-state index contributed by atoms with van der Waals surface area (Å²) in [6.45, 7) is 5.42. The first-order valence-corrected chi connectivity index (χ1v) is 6.68. The van der Waals surface area contributed by atoms with Crippen LogP contribution in [0.2, 0.25) is 0 Å². The van der Waals surface area contributed by atoms with Gasteiger partial charge >= 0.3 is 0 Å². The van der Waals surface area contributed by atoms with Crippen molar-refractivity contribution in [3.8, 4) is 0 Å². The molecule has 5 nitrogen and oxygen atoms in total. The molecule has 16 heavy (non-hydrogen) atoms. The van der Waals surface area contributed by atoms with Gasteiger partial charge in [-0.3, -0.25) is 15.0 Å². The Balaban J connectivity index is 2.09. The highest BCUT2D eigenvalue weighted by Crippen LogP contribution is 2.34. The largest absolute Gasteiger partial charge is 0.347 e. The van der Waals surface area contributed by atoms with Crippen molar-refractivity contribution in [2.75, 3.05) is 32.1 Å². The summed E-state index contributed by atoms with van der Waals surface area (Å²) in [7, 11) is 0. The summed E-state index contributed by atoms with van der Waals surface area (Å²) in [6, 6.07) is 0. The topological polar surface area (TPSA) is 49.6 Å². The van der Waals surface area contributed by atoms with Gasteiger partial charge in [-0.25, -0.2) is 0 Å². The number of rotatable bonds is 4. The molecule has 0 amide bonds. The van der Waals surface area contributed by atoms with E-state index in [4.69, 9.17) is 0 Å². The van der Waals surface area contributed by atoms with Crippen molar-refractivity contribution >= 4 is 11.8 Å². The fraction of sp³-hybridized carbons (Fsp3) is 0.800. The van der Waals surface area contributed by atoms with Gasteiger partial charge in [0.15, 0.2) is 0 Å². The van der Waals surface area contributed by atoms with Crippen LogP contribution in [0.5, 0.6) is 0 Å². The van der Waals surface area contributed by atoms with Gasteiger partial charge in [-0.15, -0.1) is 11.8 Å². The lowest BCUT2D eigenvalue weighted by Crippen LogP contribution is -2.43. The first-order chi connectivity index (χ1) is 7.72. The van der Waals surface area contributed by atoms with Crippen LogP contribution < -0.4 is 0 Å². The highest BCUT2D eigenvalue weighted by Gasteiger charge is 2.35. The van der Waals surface area contributed by atoms with Crippen molar-refractivity contribution in [2.45, 2.75) is 19.8 Å². The molecule has 0 unspecified atom stereocenters. The van der Waals surface area contributed by atoms with Crippen LogP contribution in [0.3, 0.4) is 0 Å². The SMILES string of the molecule is CCCCN1CC([N+](=O)[O-])=C2SCCN2C1. The van der Waals surface area contributed by atoms with E-state index >= 15 is 0 Å². The maximum atomic E-state index is 11.0. The Morgan fingerprint density at radius 3 is 3.06 bits per heavy atom. The van der Waals surface area contributed by atoms with E-state index in [9.17, 15) is 10.1 Å². The van der Waals surface area contributed by atoms with E-state index in [0.29, 0.717) is 12.2 Å². The molecule has 2 aliphatic heterocycles. The average molecular weight is 243 g/mol. The Bertz CT molecular complexity index is 319. The molecule has 2 rings (SSSR count). The summed E-state index contributed by atoms with van der Waals surface area (Å²) in [5.41, 5.74) is 0.393. The molecule has 6 heteroatoms. The third kappa shape index (κ3) is 2.32. The molecule has 0 bridgehead atoms. The van der Waals surface area contributed by atoms with Gasteiger partial charge < -0.3 is 4.90 Å². The van der Waals surface area contributed by atoms with Crippen molar-refractivity contribution in [3.63, 3.8) is 0 Å². The number of unbranched alkanes of at least 4 members (excludes halogenated alkanes) is 1. The van der Waals surface area contributed by atoms with Gasteiger partial charge in [0.05, 0.1) is 18.1 Å². The number of thioether (sulfide) groups is 1. The van der Waals surface area contributed by atoms with E-state index in [1.54, 1.807) is 11.8 Å². The number of nitro groups is 1. The zero-order valence-corrected chi connectivity index (χ0v) is 10.3. The van der Waals surface area contributed by atoms with E-state index in [1.165, 1.54) is 0 Å². The third-order valence-electron chi connectivity index (χ3n) is 2.93. The molecule has 0 saturated carbocycles. The van der Waals surface area contributed by atoms with Gasteiger partial charge in [-0.1, -0.05) is 13.3 Å². The van der Waals surface area contributed by atoms with Crippen molar-refractivity contribution in [1.29, 1.82) is 0 Å². The van der Waals surface area contributed by atoms with Gasteiger partial charge in [0.1, 0.15) is 5.03 Å². The molecule has 0 N–H and O–H groups in total. The minimum atomic E-state index is -0.210.